The first-order chi connectivity index (χ1) is 25.6. The quantitative estimate of drug-likeness (QED) is 0.0342. The lowest BCUT2D eigenvalue weighted by Gasteiger charge is -2.34. The van der Waals surface area contributed by atoms with Gasteiger partial charge in [-0.05, 0) is 41.5 Å². The number of amides is 1. The van der Waals surface area contributed by atoms with Gasteiger partial charge in [-0.1, -0.05) is 0 Å². The highest BCUT2D eigenvalue weighted by Crippen LogP contribution is 2.29. The summed E-state index contributed by atoms with van der Waals surface area (Å²) in [6.07, 6.45) is -1.42. The average molecular weight is 804 g/mol. The Morgan fingerprint density at radius 2 is 0.873 bits per heavy atom. The number of carboxylic acid groups (broad SMARTS) is 1. The third kappa shape index (κ3) is 21.1. The van der Waals surface area contributed by atoms with E-state index in [2.05, 4.69) is 10.1 Å². The van der Waals surface area contributed by atoms with Gasteiger partial charge in [0.05, 0.1) is 91.8 Å². The number of halogens is 5. The van der Waals surface area contributed by atoms with Gasteiger partial charge in [0.2, 0.25) is 40.7 Å². The van der Waals surface area contributed by atoms with E-state index in [0.29, 0.717) is 0 Å². The number of carbonyl (C=O) groups is 5. The van der Waals surface area contributed by atoms with Gasteiger partial charge in [0.25, 0.3) is 0 Å². The van der Waals surface area contributed by atoms with Crippen molar-refractivity contribution in [2.75, 3.05) is 66.1 Å². The molecule has 15 nitrogen and oxygen atoms in total. The first-order valence-corrected chi connectivity index (χ1v) is 17.1. The first kappa shape index (κ1) is 49.0. The molecular formula is C35H50F5NO14. The van der Waals surface area contributed by atoms with Crippen LogP contribution in [0.25, 0.3) is 0 Å². The van der Waals surface area contributed by atoms with Gasteiger partial charge in [0, 0.05) is 6.42 Å². The van der Waals surface area contributed by atoms with E-state index in [-0.39, 0.29) is 91.8 Å². The van der Waals surface area contributed by atoms with Gasteiger partial charge in [0.1, 0.15) is 16.7 Å². The second-order valence-electron chi connectivity index (χ2n) is 13.9. The molecule has 1 aromatic carbocycles. The van der Waals surface area contributed by atoms with E-state index in [1.54, 1.807) is 41.5 Å². The molecule has 0 aromatic heterocycles. The number of rotatable bonds is 26. The molecule has 0 heterocycles. The van der Waals surface area contributed by atoms with Crippen molar-refractivity contribution in [3.63, 3.8) is 0 Å². The maximum absolute atomic E-state index is 13.7. The Kier molecular flexibility index (Phi) is 21.2. The molecule has 1 aromatic rings. The summed E-state index contributed by atoms with van der Waals surface area (Å²) in [6, 6.07) is 0. The molecule has 0 atom stereocenters. The maximum Gasteiger partial charge on any atom is 0.313 e. The van der Waals surface area contributed by atoms with Crippen LogP contribution in [0.2, 0.25) is 0 Å². The lowest BCUT2D eigenvalue weighted by molar-refractivity contribution is -0.157. The zero-order valence-corrected chi connectivity index (χ0v) is 31.8. The first-order valence-electron chi connectivity index (χ1n) is 17.1. The van der Waals surface area contributed by atoms with Gasteiger partial charge >= 0.3 is 23.9 Å². The number of ether oxygens (including phenoxy) is 8. The number of esters is 3. The topological polar surface area (TPSA) is 191 Å². The molecule has 0 saturated heterocycles. The molecular weight excluding hydrogens is 753 g/mol. The van der Waals surface area contributed by atoms with E-state index in [1.807, 2.05) is 0 Å². The molecule has 1 amide bonds. The van der Waals surface area contributed by atoms with Gasteiger partial charge < -0.3 is 48.3 Å². The standard InChI is InChI=1S/C35H50F5NO14/c1-33(2,3)54-25(46)10-15-51-20-35(19-50-13-8-23(43)44,21-52-16-11-26(47)55-34(4,5)6)41-22(42)7-12-48-17-18-49-14-9-24(45)53-32-30(39)28(37)27(36)29(38)31(32)40/h7-21H2,1-6H3,(H,41,42)(H,43,44). The lowest BCUT2D eigenvalue weighted by Crippen LogP contribution is -2.59. The third-order valence-corrected chi connectivity index (χ3v) is 6.42. The molecule has 0 aliphatic carbocycles. The lowest BCUT2D eigenvalue weighted by atomic mass is 10.0. The highest BCUT2D eigenvalue weighted by atomic mass is 19.2. The summed E-state index contributed by atoms with van der Waals surface area (Å²) in [5.74, 6) is -17.4. The average Bonchev–Trinajstić information content (AvgIpc) is 3.06. The van der Waals surface area contributed by atoms with Crippen molar-refractivity contribution in [3.8, 4) is 5.75 Å². The van der Waals surface area contributed by atoms with E-state index >= 15 is 0 Å². The van der Waals surface area contributed by atoms with Gasteiger partial charge in [0.15, 0.2) is 0 Å². The number of benzene rings is 1. The van der Waals surface area contributed by atoms with Crippen LogP contribution in [0.4, 0.5) is 22.0 Å². The number of carbonyl (C=O) groups excluding carboxylic acids is 4. The second kappa shape index (κ2) is 23.8. The summed E-state index contributed by atoms with van der Waals surface area (Å²) >= 11 is 0. The predicted molar refractivity (Wildman–Crippen MR) is 179 cm³/mol. The fourth-order valence-corrected chi connectivity index (χ4v) is 4.13. The molecule has 2 N–H and O–H groups in total. The van der Waals surface area contributed by atoms with Crippen LogP contribution in [0, 0.1) is 29.1 Å². The normalized spacial score (nSPS) is 12.0. The molecule has 0 spiro atoms. The number of hydrogen-bond donors (Lipinski definition) is 2. The van der Waals surface area contributed by atoms with E-state index in [9.17, 15) is 45.9 Å². The molecule has 20 heteroatoms. The summed E-state index contributed by atoms with van der Waals surface area (Å²) in [5, 5.41) is 11.8. The van der Waals surface area contributed by atoms with Crippen LogP contribution in [0.15, 0.2) is 0 Å². The molecule has 0 fully saturated rings. The van der Waals surface area contributed by atoms with Crippen LogP contribution in [-0.4, -0.2) is 118 Å². The largest absolute Gasteiger partial charge is 0.481 e. The Hall–Kier alpha value is -3.98. The van der Waals surface area contributed by atoms with E-state index in [0.717, 1.165) is 0 Å². The zero-order valence-electron chi connectivity index (χ0n) is 31.8. The summed E-state index contributed by atoms with van der Waals surface area (Å²) < 4.78 is 109. The van der Waals surface area contributed by atoms with E-state index in [4.69, 9.17) is 38.3 Å². The van der Waals surface area contributed by atoms with Crippen molar-refractivity contribution < 1.29 is 88.9 Å². The van der Waals surface area contributed by atoms with Crippen LogP contribution in [0.5, 0.6) is 5.75 Å². The SMILES string of the molecule is CC(C)(C)OC(=O)CCOCC(COCCC(=O)O)(COCCC(=O)OC(C)(C)C)NC(=O)CCOCCOCCC(=O)Oc1c(F)c(F)c(F)c(F)c1F. The molecule has 55 heavy (non-hydrogen) atoms. The minimum atomic E-state index is -2.40. The van der Waals surface area contributed by atoms with Crippen molar-refractivity contribution in [1.29, 1.82) is 0 Å². The van der Waals surface area contributed by atoms with Crippen molar-refractivity contribution >= 4 is 29.8 Å². The number of nitrogens with one attached hydrogen (secondary N) is 1. The summed E-state index contributed by atoms with van der Waals surface area (Å²) in [5.41, 5.74) is -2.87. The van der Waals surface area contributed by atoms with Gasteiger partial charge in [-0.25, -0.2) is 13.2 Å². The fraction of sp³-hybridized carbons (Fsp3) is 0.686. The maximum atomic E-state index is 13.7. The molecule has 1 rings (SSSR count). The number of carboxylic acids is 1. The molecule has 0 aliphatic heterocycles. The molecule has 0 unspecified atom stereocenters. The van der Waals surface area contributed by atoms with Crippen LogP contribution < -0.4 is 10.1 Å². The molecule has 0 radical (unpaired) electrons. The minimum absolute atomic E-state index is 0.0923. The Bertz CT molecular complexity index is 1370. The van der Waals surface area contributed by atoms with E-state index in [1.165, 1.54) is 0 Å². The summed E-state index contributed by atoms with van der Waals surface area (Å²) in [4.78, 5) is 60.3. The Morgan fingerprint density at radius 1 is 0.509 bits per heavy atom. The number of hydrogen-bond acceptors (Lipinski definition) is 13. The van der Waals surface area contributed by atoms with Crippen LogP contribution >= 0.6 is 0 Å². The highest BCUT2D eigenvalue weighted by Gasteiger charge is 2.34. The monoisotopic (exact) mass is 803 g/mol. The fourth-order valence-electron chi connectivity index (χ4n) is 4.13. The summed E-state index contributed by atoms with van der Waals surface area (Å²) in [6.45, 7) is 8.22. The van der Waals surface area contributed by atoms with Crippen LogP contribution in [0.1, 0.15) is 73.6 Å². The Balaban J connectivity index is 2.75. The Morgan fingerprint density at radius 3 is 1.29 bits per heavy atom. The van der Waals surface area contributed by atoms with Crippen molar-refractivity contribution in [1.82, 2.24) is 5.32 Å². The number of aliphatic carboxylic acids is 1. The molecule has 0 saturated carbocycles. The zero-order chi connectivity index (χ0) is 41.8. The minimum Gasteiger partial charge on any atom is -0.481 e. The van der Waals surface area contributed by atoms with Crippen molar-refractivity contribution in [2.45, 2.75) is 90.4 Å². The van der Waals surface area contributed by atoms with Gasteiger partial charge in [-0.3, -0.25) is 24.0 Å². The summed E-state index contributed by atoms with van der Waals surface area (Å²) in [7, 11) is 0. The predicted octanol–water partition coefficient (Wildman–Crippen LogP) is 3.94. The van der Waals surface area contributed by atoms with Crippen LogP contribution in [-0.2, 0) is 57.1 Å². The smallest absolute Gasteiger partial charge is 0.313 e. The van der Waals surface area contributed by atoms with Gasteiger partial charge in [-0.2, -0.15) is 8.78 Å². The second-order valence-corrected chi connectivity index (χ2v) is 13.9. The Labute approximate surface area is 315 Å². The molecule has 314 valence electrons. The van der Waals surface area contributed by atoms with Gasteiger partial charge in [-0.15, -0.1) is 0 Å². The molecule has 0 bridgehead atoms. The van der Waals surface area contributed by atoms with Crippen molar-refractivity contribution in [3.05, 3.63) is 29.1 Å². The van der Waals surface area contributed by atoms with Crippen molar-refractivity contribution in [2.24, 2.45) is 0 Å². The van der Waals surface area contributed by atoms with E-state index < -0.39 is 87.8 Å². The van der Waals surface area contributed by atoms with Crippen LogP contribution in [0.3, 0.4) is 0 Å². The highest BCUT2D eigenvalue weighted by molar-refractivity contribution is 5.77. The molecule has 0 aliphatic rings. The third-order valence-electron chi connectivity index (χ3n) is 6.42.